The highest BCUT2D eigenvalue weighted by atomic mass is 32.2. The van der Waals surface area contributed by atoms with Gasteiger partial charge in [0.2, 0.25) is 0 Å². The summed E-state index contributed by atoms with van der Waals surface area (Å²) in [6.07, 6.45) is 3.23. The van der Waals surface area contributed by atoms with Crippen LogP contribution in [0.15, 0.2) is 6.07 Å². The molecule has 2 N–H and O–H groups in total. The van der Waals surface area contributed by atoms with Crippen molar-refractivity contribution in [2.24, 2.45) is 0 Å². The molecule has 0 saturated carbocycles. The van der Waals surface area contributed by atoms with E-state index in [0.29, 0.717) is 30.9 Å². The minimum atomic E-state index is 0.404. The second-order valence-corrected chi connectivity index (χ2v) is 5.43. The summed E-state index contributed by atoms with van der Waals surface area (Å²) in [5, 5.41) is 0. The van der Waals surface area contributed by atoms with Crippen molar-refractivity contribution in [3.63, 3.8) is 0 Å². The van der Waals surface area contributed by atoms with Crippen molar-refractivity contribution < 1.29 is 4.74 Å². The topological polar surface area (TPSA) is 64.3 Å². The number of nitrogens with zero attached hydrogens (tertiary/aromatic N) is 3. The molecule has 6 heteroatoms. The van der Waals surface area contributed by atoms with Gasteiger partial charge in [0.25, 0.3) is 0 Å². The molecule has 1 heterocycles. The fraction of sp³-hybridized carbons (Fsp3) is 0.692. The lowest BCUT2D eigenvalue weighted by molar-refractivity contribution is 0.128. The highest BCUT2D eigenvalue weighted by molar-refractivity contribution is 7.98. The Balaban J connectivity index is 2.77. The Morgan fingerprint density at radius 1 is 1.47 bits per heavy atom. The molecule has 0 bridgehead atoms. The van der Waals surface area contributed by atoms with E-state index < -0.39 is 0 Å². The minimum absolute atomic E-state index is 0.404. The summed E-state index contributed by atoms with van der Waals surface area (Å²) >= 11 is 1.86. The van der Waals surface area contributed by atoms with Crippen LogP contribution in [0, 0.1) is 0 Å². The lowest BCUT2D eigenvalue weighted by Gasteiger charge is -2.26. The Morgan fingerprint density at radius 2 is 2.21 bits per heavy atom. The Bertz CT molecular complexity index is 389. The number of ether oxygens (including phenoxy) is 1. The summed E-state index contributed by atoms with van der Waals surface area (Å²) in [7, 11) is 2.04. The zero-order valence-corrected chi connectivity index (χ0v) is 13.0. The maximum absolute atomic E-state index is 5.83. The summed E-state index contributed by atoms with van der Waals surface area (Å²) < 4.78 is 5.33. The second-order valence-electron chi connectivity index (χ2n) is 4.45. The van der Waals surface area contributed by atoms with Crippen LogP contribution in [-0.4, -0.2) is 41.7 Å². The van der Waals surface area contributed by atoms with Crippen molar-refractivity contribution in [3.05, 3.63) is 11.9 Å². The second kappa shape index (κ2) is 8.22. The van der Waals surface area contributed by atoms with E-state index >= 15 is 0 Å². The van der Waals surface area contributed by atoms with Crippen molar-refractivity contribution in [1.29, 1.82) is 0 Å². The first-order valence-electron chi connectivity index (χ1n) is 6.51. The normalized spacial score (nSPS) is 12.4. The summed E-state index contributed by atoms with van der Waals surface area (Å²) in [6, 6.07) is 2.23. The number of hydrogen-bond donors (Lipinski definition) is 1. The number of anilines is 2. The third-order valence-corrected chi connectivity index (χ3v) is 3.62. The summed E-state index contributed by atoms with van der Waals surface area (Å²) in [5.74, 6) is 3.12. The first-order valence-corrected chi connectivity index (χ1v) is 7.90. The number of aromatic nitrogens is 2. The molecule has 0 aliphatic carbocycles. The smallest absolute Gasteiger partial charge is 0.158 e. The van der Waals surface area contributed by atoms with E-state index in [-0.39, 0.29) is 0 Å². The Labute approximate surface area is 119 Å². The molecule has 1 rings (SSSR count). The van der Waals surface area contributed by atoms with Crippen LogP contribution in [0.1, 0.15) is 26.1 Å². The summed E-state index contributed by atoms with van der Waals surface area (Å²) in [5.41, 5.74) is 5.83. The largest absolute Gasteiger partial charge is 0.384 e. The number of rotatable bonds is 8. The molecule has 1 aromatic rings. The van der Waals surface area contributed by atoms with Gasteiger partial charge in [-0.25, -0.2) is 9.97 Å². The summed E-state index contributed by atoms with van der Waals surface area (Å²) in [4.78, 5) is 10.8. The fourth-order valence-corrected chi connectivity index (χ4v) is 2.23. The lowest BCUT2D eigenvalue weighted by Crippen LogP contribution is -2.30. The Hall–Kier alpha value is -1.01. The quantitative estimate of drug-likeness (QED) is 0.789. The molecule has 108 valence electrons. The molecule has 1 aromatic heterocycles. The van der Waals surface area contributed by atoms with Gasteiger partial charge in [-0.2, -0.15) is 11.8 Å². The SMILES string of the molecule is CCOCc1nc(N)cc(N(C)C(C)CCSC)n1. The van der Waals surface area contributed by atoms with Gasteiger partial charge in [0, 0.05) is 25.8 Å². The minimum Gasteiger partial charge on any atom is -0.384 e. The molecule has 0 saturated heterocycles. The summed E-state index contributed by atoms with van der Waals surface area (Å²) in [6.45, 7) is 5.19. The van der Waals surface area contributed by atoms with Gasteiger partial charge in [-0.05, 0) is 32.3 Å². The number of nitrogen functional groups attached to an aromatic ring is 1. The van der Waals surface area contributed by atoms with Gasteiger partial charge in [0.1, 0.15) is 18.2 Å². The molecule has 0 radical (unpaired) electrons. The average Bonchev–Trinajstić information content (AvgIpc) is 2.41. The van der Waals surface area contributed by atoms with Crippen molar-refractivity contribution in [2.75, 3.05) is 36.3 Å². The zero-order valence-electron chi connectivity index (χ0n) is 12.2. The molecule has 0 aliphatic rings. The molecule has 0 aliphatic heterocycles. The van der Waals surface area contributed by atoms with Crippen LogP contribution in [0.25, 0.3) is 0 Å². The van der Waals surface area contributed by atoms with E-state index in [1.807, 2.05) is 31.8 Å². The molecular weight excluding hydrogens is 260 g/mol. The maximum Gasteiger partial charge on any atom is 0.158 e. The molecule has 0 amide bonds. The number of hydrogen-bond acceptors (Lipinski definition) is 6. The third kappa shape index (κ3) is 5.24. The van der Waals surface area contributed by atoms with Crippen molar-refractivity contribution in [1.82, 2.24) is 9.97 Å². The van der Waals surface area contributed by atoms with Crippen LogP contribution in [0.2, 0.25) is 0 Å². The van der Waals surface area contributed by atoms with Crippen molar-refractivity contribution >= 4 is 23.4 Å². The van der Waals surface area contributed by atoms with Crippen LogP contribution >= 0.6 is 11.8 Å². The van der Waals surface area contributed by atoms with Gasteiger partial charge in [-0.15, -0.1) is 0 Å². The van der Waals surface area contributed by atoms with E-state index in [2.05, 4.69) is 28.0 Å². The number of thioether (sulfide) groups is 1. The highest BCUT2D eigenvalue weighted by Gasteiger charge is 2.13. The first-order chi connectivity index (χ1) is 9.08. The van der Waals surface area contributed by atoms with Gasteiger partial charge in [0.15, 0.2) is 5.82 Å². The van der Waals surface area contributed by atoms with Gasteiger partial charge in [0.05, 0.1) is 0 Å². The van der Waals surface area contributed by atoms with Crippen LogP contribution in [-0.2, 0) is 11.3 Å². The predicted molar refractivity (Wildman–Crippen MR) is 82.6 cm³/mol. The maximum atomic E-state index is 5.83. The zero-order chi connectivity index (χ0) is 14.3. The van der Waals surface area contributed by atoms with E-state index in [4.69, 9.17) is 10.5 Å². The van der Waals surface area contributed by atoms with Crippen LogP contribution in [0.4, 0.5) is 11.6 Å². The standard InChI is InChI=1S/C13H24N4OS/c1-5-18-9-12-15-11(14)8-13(16-12)17(3)10(2)6-7-19-4/h8,10H,5-7,9H2,1-4H3,(H2,14,15,16). The van der Waals surface area contributed by atoms with E-state index in [0.717, 1.165) is 18.0 Å². The van der Waals surface area contributed by atoms with Gasteiger partial charge >= 0.3 is 0 Å². The molecule has 0 aromatic carbocycles. The van der Waals surface area contributed by atoms with Crippen molar-refractivity contribution in [2.45, 2.75) is 32.9 Å². The van der Waals surface area contributed by atoms with Gasteiger partial charge in [-0.3, -0.25) is 0 Å². The lowest BCUT2D eigenvalue weighted by atomic mass is 10.2. The van der Waals surface area contributed by atoms with E-state index in [1.54, 1.807) is 0 Å². The molecule has 1 unspecified atom stereocenters. The molecular formula is C13H24N4OS. The van der Waals surface area contributed by atoms with Gasteiger partial charge < -0.3 is 15.4 Å². The van der Waals surface area contributed by atoms with Crippen LogP contribution < -0.4 is 10.6 Å². The third-order valence-electron chi connectivity index (χ3n) is 2.98. The molecule has 5 nitrogen and oxygen atoms in total. The first kappa shape index (κ1) is 16.0. The van der Waals surface area contributed by atoms with Crippen LogP contribution in [0.3, 0.4) is 0 Å². The monoisotopic (exact) mass is 284 g/mol. The van der Waals surface area contributed by atoms with Crippen molar-refractivity contribution in [3.8, 4) is 0 Å². The molecule has 0 fully saturated rings. The van der Waals surface area contributed by atoms with Gasteiger partial charge in [-0.1, -0.05) is 0 Å². The average molecular weight is 284 g/mol. The van der Waals surface area contributed by atoms with Crippen LogP contribution in [0.5, 0.6) is 0 Å². The Morgan fingerprint density at radius 3 is 2.84 bits per heavy atom. The molecule has 19 heavy (non-hydrogen) atoms. The molecule has 1 atom stereocenters. The molecule has 0 spiro atoms. The van der Waals surface area contributed by atoms with E-state index in [9.17, 15) is 0 Å². The number of nitrogens with two attached hydrogens (primary N) is 1. The van der Waals surface area contributed by atoms with E-state index in [1.165, 1.54) is 0 Å². The Kier molecular flexibility index (Phi) is 6.94. The predicted octanol–water partition coefficient (Wildman–Crippen LogP) is 2.17. The highest BCUT2D eigenvalue weighted by Crippen LogP contribution is 2.17. The fourth-order valence-electron chi connectivity index (χ4n) is 1.65.